The van der Waals surface area contributed by atoms with Crippen molar-refractivity contribution in [1.29, 1.82) is 0 Å². The van der Waals surface area contributed by atoms with Gasteiger partial charge in [-0.25, -0.2) is 0 Å². The van der Waals surface area contributed by atoms with Gasteiger partial charge in [-0.15, -0.1) is 0 Å². The van der Waals surface area contributed by atoms with Crippen LogP contribution in [0.4, 0.5) is 0 Å². The van der Waals surface area contributed by atoms with Gasteiger partial charge in [0.2, 0.25) is 0 Å². The van der Waals surface area contributed by atoms with E-state index >= 15 is 0 Å². The third-order valence-electron chi connectivity index (χ3n) is 5.64. The Hall–Kier alpha value is -0.885. The van der Waals surface area contributed by atoms with Gasteiger partial charge < -0.3 is 19.1 Å². The van der Waals surface area contributed by atoms with Crippen molar-refractivity contribution in [2.24, 2.45) is 0 Å². The number of hydrogen-bond acceptors (Lipinski definition) is 5. The second-order valence-electron chi connectivity index (χ2n) is 8.12. The summed E-state index contributed by atoms with van der Waals surface area (Å²) >= 11 is 0. The molecule has 0 amide bonds. The molecular formula is C17H31BN4O2. The molecule has 0 atom stereocenters. The number of likely N-dealkylation sites (N-methyl/N-ethyl adjacent to an activating group) is 1. The molecule has 2 fully saturated rings. The number of hydrogen-bond donors (Lipinski definition) is 0. The predicted molar refractivity (Wildman–Crippen MR) is 96.5 cm³/mol. The molecule has 0 aliphatic carbocycles. The number of nitrogens with zero attached hydrogens (tertiary/aromatic N) is 4. The lowest BCUT2D eigenvalue weighted by Crippen LogP contribution is -2.44. The SMILES string of the molecule is CN1CCN(CCCn2cc(B3OC(C)(C)C(C)(C)O3)cn2)CC1. The quantitative estimate of drug-likeness (QED) is 0.746. The van der Waals surface area contributed by atoms with Crippen LogP contribution >= 0.6 is 0 Å². The van der Waals surface area contributed by atoms with Crippen LogP contribution in [0, 0.1) is 0 Å². The van der Waals surface area contributed by atoms with Crippen molar-refractivity contribution in [3.05, 3.63) is 12.4 Å². The van der Waals surface area contributed by atoms with E-state index in [4.69, 9.17) is 9.31 Å². The summed E-state index contributed by atoms with van der Waals surface area (Å²) in [5, 5.41) is 4.48. The smallest absolute Gasteiger partial charge is 0.399 e. The molecule has 0 bridgehead atoms. The van der Waals surface area contributed by atoms with Crippen LogP contribution in [0.15, 0.2) is 12.4 Å². The van der Waals surface area contributed by atoms with Crippen molar-refractivity contribution in [2.45, 2.75) is 51.9 Å². The van der Waals surface area contributed by atoms with Crippen LogP contribution in [0.3, 0.4) is 0 Å². The Morgan fingerprint density at radius 2 is 1.67 bits per heavy atom. The second kappa shape index (κ2) is 6.79. The highest BCUT2D eigenvalue weighted by atomic mass is 16.7. The van der Waals surface area contributed by atoms with Crippen LogP contribution in [0.2, 0.25) is 0 Å². The summed E-state index contributed by atoms with van der Waals surface area (Å²) in [5.74, 6) is 0. The van der Waals surface area contributed by atoms with Gasteiger partial charge >= 0.3 is 7.12 Å². The van der Waals surface area contributed by atoms with Gasteiger partial charge in [0.15, 0.2) is 0 Å². The van der Waals surface area contributed by atoms with Crippen LogP contribution in [-0.4, -0.2) is 77.7 Å². The van der Waals surface area contributed by atoms with E-state index < -0.39 is 0 Å². The first-order chi connectivity index (χ1) is 11.3. The molecule has 2 aliphatic rings. The Bertz CT molecular complexity index is 537. The Morgan fingerprint density at radius 1 is 1.04 bits per heavy atom. The summed E-state index contributed by atoms with van der Waals surface area (Å²) < 4.78 is 14.2. The first kappa shape index (κ1) is 17.9. The molecule has 2 aliphatic heterocycles. The zero-order valence-corrected chi connectivity index (χ0v) is 15.8. The van der Waals surface area contributed by atoms with Gasteiger partial charge in [0.25, 0.3) is 0 Å². The first-order valence-electron chi connectivity index (χ1n) is 9.06. The lowest BCUT2D eigenvalue weighted by molar-refractivity contribution is 0.00578. The molecule has 0 radical (unpaired) electrons. The zero-order valence-electron chi connectivity index (χ0n) is 15.8. The van der Waals surface area contributed by atoms with E-state index in [1.165, 1.54) is 26.2 Å². The standard InChI is InChI=1S/C17H31BN4O2/c1-16(2)17(3,4)24-18(23-16)15-13-19-22(14-15)8-6-7-21-11-9-20(5)10-12-21/h13-14H,6-12H2,1-5H3. The molecule has 6 nitrogen and oxygen atoms in total. The lowest BCUT2D eigenvalue weighted by atomic mass is 9.82. The van der Waals surface area contributed by atoms with E-state index in [1.807, 2.05) is 10.9 Å². The van der Waals surface area contributed by atoms with Crippen molar-refractivity contribution < 1.29 is 9.31 Å². The molecule has 3 heterocycles. The summed E-state index contributed by atoms with van der Waals surface area (Å²) in [4.78, 5) is 4.93. The van der Waals surface area contributed by atoms with Gasteiger partial charge in [0.1, 0.15) is 0 Å². The zero-order chi connectivity index (χ0) is 17.4. The number of aryl methyl sites for hydroxylation is 1. The maximum absolute atomic E-state index is 6.08. The van der Waals surface area contributed by atoms with Crippen molar-refractivity contribution >= 4 is 12.6 Å². The number of aromatic nitrogens is 2. The normalized spacial score (nSPS) is 24.6. The van der Waals surface area contributed by atoms with Crippen LogP contribution in [-0.2, 0) is 15.9 Å². The van der Waals surface area contributed by atoms with Crippen molar-refractivity contribution in [3.8, 4) is 0 Å². The van der Waals surface area contributed by atoms with E-state index in [0.717, 1.165) is 25.0 Å². The molecule has 7 heteroatoms. The van der Waals surface area contributed by atoms with E-state index in [2.05, 4.69) is 55.8 Å². The average Bonchev–Trinajstić information content (AvgIpc) is 3.04. The highest BCUT2D eigenvalue weighted by Gasteiger charge is 2.52. The maximum Gasteiger partial charge on any atom is 0.498 e. The largest absolute Gasteiger partial charge is 0.498 e. The third-order valence-corrected chi connectivity index (χ3v) is 5.64. The molecular weight excluding hydrogens is 303 g/mol. The van der Waals surface area contributed by atoms with Crippen LogP contribution in [0.5, 0.6) is 0 Å². The Kier molecular flexibility index (Phi) is 5.07. The molecule has 0 unspecified atom stereocenters. The van der Waals surface area contributed by atoms with Crippen LogP contribution in [0.25, 0.3) is 0 Å². The molecule has 1 aromatic rings. The average molecular weight is 334 g/mol. The van der Waals surface area contributed by atoms with E-state index in [9.17, 15) is 0 Å². The van der Waals surface area contributed by atoms with Crippen molar-refractivity contribution in [2.75, 3.05) is 39.8 Å². The summed E-state index contributed by atoms with van der Waals surface area (Å²) in [5.41, 5.74) is 0.399. The van der Waals surface area contributed by atoms with Gasteiger partial charge in [-0.2, -0.15) is 5.10 Å². The lowest BCUT2D eigenvalue weighted by Gasteiger charge is -2.32. The predicted octanol–water partition coefficient (Wildman–Crippen LogP) is 0.820. The first-order valence-corrected chi connectivity index (χ1v) is 9.06. The molecule has 3 rings (SSSR count). The summed E-state index contributed by atoms with van der Waals surface area (Å²) in [6, 6.07) is 0. The van der Waals surface area contributed by atoms with Gasteiger partial charge in [0.05, 0.1) is 11.2 Å². The van der Waals surface area contributed by atoms with Crippen LogP contribution < -0.4 is 5.46 Å². The van der Waals surface area contributed by atoms with E-state index in [-0.39, 0.29) is 18.3 Å². The second-order valence-corrected chi connectivity index (χ2v) is 8.12. The van der Waals surface area contributed by atoms with Gasteiger partial charge in [-0.3, -0.25) is 4.68 Å². The summed E-state index contributed by atoms with van der Waals surface area (Å²) in [7, 11) is 1.87. The minimum absolute atomic E-state index is 0.304. The highest BCUT2D eigenvalue weighted by Crippen LogP contribution is 2.36. The van der Waals surface area contributed by atoms with Crippen molar-refractivity contribution in [1.82, 2.24) is 19.6 Å². The minimum Gasteiger partial charge on any atom is -0.399 e. The molecule has 0 saturated carbocycles. The van der Waals surface area contributed by atoms with Crippen LogP contribution in [0.1, 0.15) is 34.1 Å². The van der Waals surface area contributed by atoms with Gasteiger partial charge in [-0.05, 0) is 47.7 Å². The molecule has 0 aromatic carbocycles. The highest BCUT2D eigenvalue weighted by molar-refractivity contribution is 6.61. The van der Waals surface area contributed by atoms with Crippen molar-refractivity contribution in [3.63, 3.8) is 0 Å². The monoisotopic (exact) mass is 334 g/mol. The summed E-state index contributed by atoms with van der Waals surface area (Å²) in [6.45, 7) is 15.1. The molecule has 24 heavy (non-hydrogen) atoms. The molecule has 0 N–H and O–H groups in total. The number of piperazine rings is 1. The Morgan fingerprint density at radius 3 is 2.29 bits per heavy atom. The fourth-order valence-electron chi connectivity index (χ4n) is 3.13. The Balaban J connectivity index is 1.48. The van der Waals surface area contributed by atoms with Gasteiger partial charge in [0, 0.05) is 50.6 Å². The molecule has 2 saturated heterocycles. The fraction of sp³-hybridized carbons (Fsp3) is 0.824. The minimum atomic E-state index is -0.318. The van der Waals surface area contributed by atoms with E-state index in [0.29, 0.717) is 0 Å². The third kappa shape index (κ3) is 3.85. The maximum atomic E-state index is 6.08. The van der Waals surface area contributed by atoms with E-state index in [1.54, 1.807) is 0 Å². The fourth-order valence-corrected chi connectivity index (χ4v) is 3.13. The summed E-state index contributed by atoms with van der Waals surface area (Å²) in [6.07, 6.45) is 5.05. The van der Waals surface area contributed by atoms with Gasteiger partial charge in [-0.1, -0.05) is 0 Å². The molecule has 134 valence electrons. The number of rotatable bonds is 5. The molecule has 0 spiro atoms. The topological polar surface area (TPSA) is 42.8 Å². The molecule has 1 aromatic heterocycles. The Labute approximate surface area is 146 Å².